The first-order valence-corrected chi connectivity index (χ1v) is 10.5. The Hall–Kier alpha value is -0.280. The molecule has 1 N–H and O–H groups in total. The second-order valence-corrected chi connectivity index (χ2v) is 6.86. The molecule has 1 aliphatic rings. The largest absolute Gasteiger partial charge is 0.379 e. The minimum absolute atomic E-state index is 0.393. The van der Waals surface area contributed by atoms with Crippen molar-refractivity contribution < 1.29 is 28.4 Å². The van der Waals surface area contributed by atoms with E-state index in [1.165, 1.54) is 0 Å². The molecule has 0 aromatic carbocycles. The molecule has 1 saturated heterocycles. The smallest absolute Gasteiger partial charge is 0.0704 e. The van der Waals surface area contributed by atoms with E-state index in [1.54, 1.807) is 0 Å². The molecule has 7 nitrogen and oxygen atoms in total. The molecule has 1 unspecified atom stereocenters. The van der Waals surface area contributed by atoms with Crippen LogP contribution in [0.25, 0.3) is 0 Å². The molecule has 0 saturated carbocycles. The molecule has 0 aromatic heterocycles. The molecular weight excluding hydrogens is 350 g/mol. The third-order valence-electron chi connectivity index (χ3n) is 4.45. The van der Waals surface area contributed by atoms with Crippen molar-refractivity contribution in [3.63, 3.8) is 0 Å². The van der Waals surface area contributed by atoms with Gasteiger partial charge < -0.3 is 33.7 Å². The summed E-state index contributed by atoms with van der Waals surface area (Å²) in [4.78, 5) is 0. The van der Waals surface area contributed by atoms with Crippen LogP contribution in [0.5, 0.6) is 0 Å². The van der Waals surface area contributed by atoms with Crippen LogP contribution < -0.4 is 5.32 Å². The molecule has 0 aliphatic carbocycles. The van der Waals surface area contributed by atoms with Crippen molar-refractivity contribution in [2.45, 2.75) is 39.2 Å². The highest BCUT2D eigenvalue weighted by Crippen LogP contribution is 2.06. The van der Waals surface area contributed by atoms with Crippen LogP contribution in [0.15, 0.2) is 0 Å². The molecule has 162 valence electrons. The van der Waals surface area contributed by atoms with Gasteiger partial charge in [-0.2, -0.15) is 0 Å². The number of hydrogen-bond donors (Lipinski definition) is 1. The molecule has 1 fully saturated rings. The van der Waals surface area contributed by atoms with E-state index in [4.69, 9.17) is 28.4 Å². The van der Waals surface area contributed by atoms with Gasteiger partial charge in [0.25, 0.3) is 0 Å². The first kappa shape index (κ1) is 24.8. The fraction of sp³-hybridized carbons (Fsp3) is 1.00. The van der Waals surface area contributed by atoms with Crippen LogP contribution in [0.1, 0.15) is 33.1 Å². The lowest BCUT2D eigenvalue weighted by Gasteiger charge is -2.22. The van der Waals surface area contributed by atoms with Gasteiger partial charge in [-0.25, -0.2) is 0 Å². The Morgan fingerprint density at radius 1 is 0.704 bits per heavy atom. The van der Waals surface area contributed by atoms with Gasteiger partial charge in [0.15, 0.2) is 0 Å². The number of rotatable bonds is 19. The lowest BCUT2D eigenvalue weighted by Crippen LogP contribution is -2.33. The van der Waals surface area contributed by atoms with Crippen LogP contribution in [-0.4, -0.2) is 91.9 Å². The van der Waals surface area contributed by atoms with E-state index in [2.05, 4.69) is 19.2 Å². The highest BCUT2D eigenvalue weighted by molar-refractivity contribution is 4.67. The summed E-state index contributed by atoms with van der Waals surface area (Å²) in [5.41, 5.74) is 0. The van der Waals surface area contributed by atoms with Gasteiger partial charge in [0, 0.05) is 6.61 Å². The zero-order valence-electron chi connectivity index (χ0n) is 17.4. The summed E-state index contributed by atoms with van der Waals surface area (Å²) >= 11 is 0. The maximum Gasteiger partial charge on any atom is 0.0704 e. The number of piperidine rings is 1. The first-order chi connectivity index (χ1) is 13.3. The second-order valence-electron chi connectivity index (χ2n) is 6.86. The highest BCUT2D eigenvalue weighted by atomic mass is 16.6. The second kappa shape index (κ2) is 19.1. The predicted molar refractivity (Wildman–Crippen MR) is 105 cm³/mol. The van der Waals surface area contributed by atoms with Crippen molar-refractivity contribution in [1.29, 1.82) is 0 Å². The third kappa shape index (κ3) is 16.4. The van der Waals surface area contributed by atoms with Gasteiger partial charge in [0.2, 0.25) is 0 Å². The van der Waals surface area contributed by atoms with Gasteiger partial charge in [-0.05, 0) is 31.8 Å². The zero-order valence-corrected chi connectivity index (χ0v) is 17.4. The van der Waals surface area contributed by atoms with Crippen molar-refractivity contribution in [3.8, 4) is 0 Å². The summed E-state index contributed by atoms with van der Waals surface area (Å²) in [7, 11) is 0. The molecule has 1 atom stereocenters. The summed E-state index contributed by atoms with van der Waals surface area (Å²) < 4.78 is 33.1. The molecule has 0 bridgehead atoms. The fourth-order valence-electron chi connectivity index (χ4n) is 2.52. The molecule has 1 heterocycles. The Morgan fingerprint density at radius 2 is 1.15 bits per heavy atom. The molecule has 1 rings (SSSR count). The maximum absolute atomic E-state index is 5.77. The summed E-state index contributed by atoms with van der Waals surface area (Å²) in [6.45, 7) is 13.3. The number of ether oxygens (including phenoxy) is 6. The van der Waals surface area contributed by atoms with Crippen LogP contribution in [0.2, 0.25) is 0 Å². The van der Waals surface area contributed by atoms with Gasteiger partial charge in [0.1, 0.15) is 0 Å². The summed E-state index contributed by atoms with van der Waals surface area (Å²) in [6, 6.07) is 0. The monoisotopic (exact) mass is 391 g/mol. The highest BCUT2D eigenvalue weighted by Gasteiger charge is 2.12. The van der Waals surface area contributed by atoms with E-state index >= 15 is 0 Å². The van der Waals surface area contributed by atoms with Gasteiger partial charge >= 0.3 is 0 Å². The molecule has 0 radical (unpaired) electrons. The van der Waals surface area contributed by atoms with Gasteiger partial charge in [-0.1, -0.05) is 20.3 Å². The molecule has 1 aliphatic heterocycles. The Morgan fingerprint density at radius 3 is 1.63 bits per heavy atom. The van der Waals surface area contributed by atoms with Crippen LogP contribution in [-0.2, 0) is 28.4 Å². The predicted octanol–water partition coefficient (Wildman–Crippen LogP) is 1.88. The van der Waals surface area contributed by atoms with E-state index in [9.17, 15) is 0 Å². The summed E-state index contributed by atoms with van der Waals surface area (Å²) in [6.07, 6.45) is 3.74. The van der Waals surface area contributed by atoms with Gasteiger partial charge in [0.05, 0.1) is 72.2 Å². The van der Waals surface area contributed by atoms with E-state index in [0.29, 0.717) is 78.1 Å². The van der Waals surface area contributed by atoms with Crippen molar-refractivity contribution in [1.82, 2.24) is 5.32 Å². The molecule has 7 heteroatoms. The van der Waals surface area contributed by atoms with Crippen molar-refractivity contribution in [3.05, 3.63) is 0 Å². The molecule has 0 amide bonds. The van der Waals surface area contributed by atoms with Crippen molar-refractivity contribution in [2.24, 2.45) is 5.92 Å². The SMILES string of the molecule is CCC(C)COCCOCCOCCOCCOCCOC1CCNCC1. The summed E-state index contributed by atoms with van der Waals surface area (Å²) in [5.74, 6) is 0.617. The zero-order chi connectivity index (χ0) is 19.4. The van der Waals surface area contributed by atoms with Gasteiger partial charge in [-0.15, -0.1) is 0 Å². The Labute approximate surface area is 165 Å². The third-order valence-corrected chi connectivity index (χ3v) is 4.45. The van der Waals surface area contributed by atoms with Crippen LogP contribution in [0, 0.1) is 5.92 Å². The van der Waals surface area contributed by atoms with E-state index < -0.39 is 0 Å². The molecular formula is C20H41NO6. The molecule has 0 spiro atoms. The maximum atomic E-state index is 5.77. The topological polar surface area (TPSA) is 67.4 Å². The van der Waals surface area contributed by atoms with Crippen LogP contribution in [0.3, 0.4) is 0 Å². The average molecular weight is 392 g/mol. The Balaban J connectivity index is 1.66. The fourth-order valence-corrected chi connectivity index (χ4v) is 2.52. The van der Waals surface area contributed by atoms with Crippen LogP contribution in [0.4, 0.5) is 0 Å². The Kier molecular flexibility index (Phi) is 17.5. The molecule has 27 heavy (non-hydrogen) atoms. The lowest BCUT2D eigenvalue weighted by molar-refractivity contribution is -0.0300. The molecule has 0 aromatic rings. The summed E-state index contributed by atoms with van der Waals surface area (Å²) in [5, 5.41) is 3.33. The normalized spacial score (nSPS) is 16.7. The van der Waals surface area contributed by atoms with Gasteiger partial charge in [-0.3, -0.25) is 0 Å². The Bertz CT molecular complexity index is 302. The quantitative estimate of drug-likeness (QED) is 0.337. The minimum atomic E-state index is 0.393. The minimum Gasteiger partial charge on any atom is -0.379 e. The van der Waals surface area contributed by atoms with E-state index in [0.717, 1.165) is 39.0 Å². The first-order valence-electron chi connectivity index (χ1n) is 10.5. The van der Waals surface area contributed by atoms with E-state index in [1.807, 2.05) is 0 Å². The standard InChI is InChI=1S/C20H41NO6/c1-3-19(2)18-26-15-14-24-11-10-22-8-9-23-12-13-25-16-17-27-20-4-6-21-7-5-20/h19-21H,3-18H2,1-2H3. The van der Waals surface area contributed by atoms with E-state index in [-0.39, 0.29) is 0 Å². The number of nitrogens with one attached hydrogen (secondary N) is 1. The lowest BCUT2D eigenvalue weighted by atomic mass is 10.1. The van der Waals surface area contributed by atoms with Crippen molar-refractivity contribution >= 4 is 0 Å². The average Bonchev–Trinajstić information content (AvgIpc) is 2.70. The van der Waals surface area contributed by atoms with Crippen LogP contribution >= 0.6 is 0 Å². The number of hydrogen-bond acceptors (Lipinski definition) is 7. The van der Waals surface area contributed by atoms with Crippen molar-refractivity contribution in [2.75, 3.05) is 85.8 Å².